The molecule has 6 nitrogen and oxygen atoms in total. The minimum absolute atomic E-state index is 0.00186. The van der Waals surface area contributed by atoms with Crippen molar-refractivity contribution in [2.45, 2.75) is 25.7 Å². The first-order valence-corrected chi connectivity index (χ1v) is 8.91. The summed E-state index contributed by atoms with van der Waals surface area (Å²) in [7, 11) is 0. The Hall–Kier alpha value is -2.83. The number of carbonyl (C=O) groups is 1. The van der Waals surface area contributed by atoms with E-state index in [0.717, 1.165) is 31.4 Å². The first-order valence-electron chi connectivity index (χ1n) is 8.91. The van der Waals surface area contributed by atoms with Gasteiger partial charge in [0.05, 0.1) is 5.56 Å². The van der Waals surface area contributed by atoms with E-state index >= 15 is 0 Å². The van der Waals surface area contributed by atoms with Gasteiger partial charge in [-0.2, -0.15) is 4.52 Å². The minimum atomic E-state index is -0.147. The van der Waals surface area contributed by atoms with Crippen LogP contribution in [0, 0.1) is 11.7 Å². The third-order valence-electron chi connectivity index (χ3n) is 5.02. The normalized spacial score (nSPS) is 17.6. The maximum atomic E-state index is 13.8. The Bertz CT molecular complexity index is 925. The van der Waals surface area contributed by atoms with Gasteiger partial charge in [-0.05, 0) is 65.8 Å². The lowest BCUT2D eigenvalue weighted by Crippen LogP contribution is -2.40. The molecule has 1 saturated heterocycles. The van der Waals surface area contributed by atoms with Crippen LogP contribution in [0.5, 0.6) is 0 Å². The number of aromatic nitrogens is 4. The third-order valence-corrected chi connectivity index (χ3v) is 5.02. The Kier molecular flexibility index (Phi) is 4.60. The number of halogens is 1. The second kappa shape index (κ2) is 7.19. The van der Waals surface area contributed by atoms with Gasteiger partial charge in [0, 0.05) is 19.3 Å². The van der Waals surface area contributed by atoms with Gasteiger partial charge in [-0.15, -0.1) is 5.10 Å². The summed E-state index contributed by atoms with van der Waals surface area (Å²) in [6, 6.07) is 10.4. The number of benzene rings is 1. The molecule has 1 aliphatic heterocycles. The highest BCUT2D eigenvalue weighted by molar-refractivity contribution is 5.94. The lowest BCUT2D eigenvalue weighted by Gasteiger charge is -2.33. The zero-order valence-corrected chi connectivity index (χ0v) is 14.4. The Morgan fingerprint density at radius 2 is 2.12 bits per heavy atom. The van der Waals surface area contributed by atoms with Crippen molar-refractivity contribution in [2.75, 3.05) is 13.1 Å². The maximum absolute atomic E-state index is 13.8. The first kappa shape index (κ1) is 16.6. The number of tetrazole rings is 1. The van der Waals surface area contributed by atoms with Crippen molar-refractivity contribution in [2.24, 2.45) is 5.92 Å². The van der Waals surface area contributed by atoms with Crippen molar-refractivity contribution in [3.05, 3.63) is 59.5 Å². The van der Waals surface area contributed by atoms with Crippen molar-refractivity contribution in [3.63, 3.8) is 0 Å². The molecule has 0 radical (unpaired) electrons. The van der Waals surface area contributed by atoms with E-state index in [2.05, 4.69) is 15.5 Å². The number of fused-ring (bicyclic) bond motifs is 1. The number of carbonyl (C=O) groups excluding carboxylic acids is 1. The van der Waals surface area contributed by atoms with Crippen LogP contribution in [-0.4, -0.2) is 43.9 Å². The number of hydrogen-bond acceptors (Lipinski definition) is 4. The smallest absolute Gasteiger partial charge is 0.255 e. The molecule has 0 spiro atoms. The van der Waals surface area contributed by atoms with E-state index in [-0.39, 0.29) is 11.7 Å². The van der Waals surface area contributed by atoms with Crippen LogP contribution in [0.4, 0.5) is 4.39 Å². The second-order valence-electron chi connectivity index (χ2n) is 6.79. The molecule has 0 aliphatic carbocycles. The van der Waals surface area contributed by atoms with Crippen LogP contribution >= 0.6 is 0 Å². The highest BCUT2D eigenvalue weighted by Gasteiger charge is 2.25. The summed E-state index contributed by atoms with van der Waals surface area (Å²) in [5.74, 6) is 0.244. The largest absolute Gasteiger partial charge is 0.338 e. The zero-order valence-electron chi connectivity index (χ0n) is 14.4. The molecule has 0 bridgehead atoms. The number of likely N-dealkylation sites (tertiary alicyclic amines) is 1. The second-order valence-corrected chi connectivity index (χ2v) is 6.79. The molecular formula is C19H20FN5O. The fourth-order valence-electron chi connectivity index (χ4n) is 3.60. The van der Waals surface area contributed by atoms with Crippen LogP contribution in [0.25, 0.3) is 5.65 Å². The molecular weight excluding hydrogens is 333 g/mol. The fourth-order valence-corrected chi connectivity index (χ4v) is 3.60. The molecule has 3 heterocycles. The summed E-state index contributed by atoms with van der Waals surface area (Å²) in [5, 5.41) is 11.3. The predicted molar refractivity (Wildman–Crippen MR) is 94.1 cm³/mol. The van der Waals surface area contributed by atoms with Gasteiger partial charge in [-0.3, -0.25) is 4.79 Å². The van der Waals surface area contributed by atoms with Crippen LogP contribution in [0.3, 0.4) is 0 Å². The Balaban J connectivity index is 1.41. The predicted octanol–water partition coefficient (Wildman–Crippen LogP) is 2.75. The van der Waals surface area contributed by atoms with Crippen molar-refractivity contribution in [1.82, 2.24) is 24.9 Å². The average Bonchev–Trinajstić information content (AvgIpc) is 3.15. The molecule has 1 unspecified atom stereocenters. The van der Waals surface area contributed by atoms with Crippen LogP contribution in [0.15, 0.2) is 42.6 Å². The Morgan fingerprint density at radius 1 is 1.23 bits per heavy atom. The fraction of sp³-hybridized carbons (Fsp3) is 0.368. The highest BCUT2D eigenvalue weighted by atomic mass is 19.1. The molecule has 0 saturated carbocycles. The number of aryl methyl sites for hydroxylation is 1. The van der Waals surface area contributed by atoms with Gasteiger partial charge >= 0.3 is 0 Å². The molecule has 2 aromatic heterocycles. The number of piperidine rings is 1. The van der Waals surface area contributed by atoms with E-state index in [4.69, 9.17) is 0 Å². The quantitative estimate of drug-likeness (QED) is 0.723. The molecule has 4 rings (SSSR count). The summed E-state index contributed by atoms with van der Waals surface area (Å²) in [6.45, 7) is 1.46. The molecule has 7 heteroatoms. The van der Waals surface area contributed by atoms with Crippen LogP contribution in [-0.2, 0) is 6.42 Å². The summed E-state index contributed by atoms with van der Waals surface area (Å²) in [5.41, 5.74) is 1.95. The Morgan fingerprint density at radius 3 is 3.00 bits per heavy atom. The van der Waals surface area contributed by atoms with Crippen molar-refractivity contribution in [1.29, 1.82) is 0 Å². The van der Waals surface area contributed by atoms with E-state index in [1.165, 1.54) is 10.6 Å². The molecule has 1 fully saturated rings. The summed E-state index contributed by atoms with van der Waals surface area (Å²) in [4.78, 5) is 14.7. The maximum Gasteiger partial charge on any atom is 0.255 e. The standard InChI is InChI=1S/C19H20FN5O/c20-17-6-2-1-5-15(17)8-7-14-4-3-11-24(12-14)19(26)16-9-10-18-21-22-23-25(18)13-16/h1-2,5-6,9-10,13-14H,3-4,7-8,11-12H2. The van der Waals surface area contributed by atoms with Gasteiger partial charge in [-0.25, -0.2) is 4.39 Å². The monoisotopic (exact) mass is 353 g/mol. The number of nitrogens with zero attached hydrogens (tertiary/aromatic N) is 5. The van der Waals surface area contributed by atoms with E-state index < -0.39 is 0 Å². The summed E-state index contributed by atoms with van der Waals surface area (Å²) >= 11 is 0. The van der Waals surface area contributed by atoms with Crippen molar-refractivity contribution < 1.29 is 9.18 Å². The van der Waals surface area contributed by atoms with Crippen LogP contribution < -0.4 is 0 Å². The SMILES string of the molecule is O=C(c1ccc2nnnn2c1)N1CCCC(CCc2ccccc2F)C1. The molecule has 26 heavy (non-hydrogen) atoms. The molecule has 1 atom stereocenters. The van der Waals surface area contributed by atoms with Gasteiger partial charge in [0.1, 0.15) is 5.82 Å². The molecule has 3 aromatic rings. The lowest BCUT2D eigenvalue weighted by atomic mass is 9.91. The summed E-state index contributed by atoms with van der Waals surface area (Å²) in [6.07, 6.45) is 5.30. The summed E-state index contributed by atoms with van der Waals surface area (Å²) < 4.78 is 15.3. The van der Waals surface area contributed by atoms with Gasteiger partial charge in [0.15, 0.2) is 5.65 Å². The highest BCUT2D eigenvalue weighted by Crippen LogP contribution is 2.23. The third kappa shape index (κ3) is 3.42. The van der Waals surface area contributed by atoms with Gasteiger partial charge in [0.25, 0.3) is 5.91 Å². The lowest BCUT2D eigenvalue weighted by molar-refractivity contribution is 0.0667. The van der Waals surface area contributed by atoms with Crippen molar-refractivity contribution in [3.8, 4) is 0 Å². The molecule has 0 N–H and O–H groups in total. The van der Waals surface area contributed by atoms with E-state index in [1.54, 1.807) is 24.4 Å². The molecule has 1 amide bonds. The van der Waals surface area contributed by atoms with Crippen molar-refractivity contribution >= 4 is 11.6 Å². The topological polar surface area (TPSA) is 63.4 Å². The van der Waals surface area contributed by atoms with Crippen LogP contribution in [0.1, 0.15) is 35.2 Å². The number of hydrogen-bond donors (Lipinski definition) is 0. The van der Waals surface area contributed by atoms with E-state index in [9.17, 15) is 9.18 Å². The minimum Gasteiger partial charge on any atom is -0.338 e. The van der Waals surface area contributed by atoms with E-state index in [0.29, 0.717) is 30.1 Å². The molecule has 134 valence electrons. The van der Waals surface area contributed by atoms with Gasteiger partial charge in [-0.1, -0.05) is 18.2 Å². The van der Waals surface area contributed by atoms with Crippen LogP contribution in [0.2, 0.25) is 0 Å². The number of rotatable bonds is 4. The molecule has 1 aromatic carbocycles. The Labute approximate surface area is 150 Å². The first-order chi connectivity index (χ1) is 12.7. The zero-order chi connectivity index (χ0) is 17.9. The number of amides is 1. The molecule has 1 aliphatic rings. The van der Waals surface area contributed by atoms with E-state index in [1.807, 2.05) is 17.0 Å². The average molecular weight is 353 g/mol. The van der Waals surface area contributed by atoms with Gasteiger partial charge in [0.2, 0.25) is 0 Å². The number of pyridine rings is 1. The van der Waals surface area contributed by atoms with Gasteiger partial charge < -0.3 is 4.90 Å².